The SMILES string of the molecule is Cc1cc(Nc2cc(NC3=NC(C)(C)CO3)ncn2)[n+]([O-])c2c1C(=O)NC21CCCCC1. The van der Waals surface area contributed by atoms with Gasteiger partial charge in [-0.15, -0.1) is 0 Å². The van der Waals surface area contributed by atoms with Gasteiger partial charge in [0.15, 0.2) is 0 Å². The summed E-state index contributed by atoms with van der Waals surface area (Å²) in [5.74, 6) is 1.10. The highest BCUT2D eigenvalue weighted by Crippen LogP contribution is 2.42. The van der Waals surface area contributed by atoms with Gasteiger partial charge in [0.05, 0.1) is 11.1 Å². The van der Waals surface area contributed by atoms with Crippen molar-refractivity contribution in [2.24, 2.45) is 4.99 Å². The lowest BCUT2D eigenvalue weighted by atomic mass is 9.79. The Morgan fingerprint density at radius 2 is 1.84 bits per heavy atom. The molecule has 0 aromatic carbocycles. The lowest BCUT2D eigenvalue weighted by molar-refractivity contribution is -0.603. The van der Waals surface area contributed by atoms with Gasteiger partial charge in [-0.25, -0.2) is 20.0 Å². The van der Waals surface area contributed by atoms with E-state index in [0.29, 0.717) is 41.3 Å². The molecule has 10 nitrogen and oxygen atoms in total. The van der Waals surface area contributed by atoms with Crippen LogP contribution in [0.4, 0.5) is 17.5 Å². The molecule has 0 saturated heterocycles. The van der Waals surface area contributed by atoms with Gasteiger partial charge in [-0.3, -0.25) is 10.1 Å². The lowest BCUT2D eigenvalue weighted by Crippen LogP contribution is -2.49. The van der Waals surface area contributed by atoms with Crippen LogP contribution in [0.5, 0.6) is 0 Å². The highest BCUT2D eigenvalue weighted by atomic mass is 16.5. The average molecular weight is 438 g/mol. The Labute approximate surface area is 186 Å². The Morgan fingerprint density at radius 3 is 2.53 bits per heavy atom. The third-order valence-electron chi connectivity index (χ3n) is 6.27. The van der Waals surface area contributed by atoms with Crippen molar-refractivity contribution in [1.82, 2.24) is 15.3 Å². The molecule has 2 aromatic rings. The number of amidine groups is 1. The Bertz CT molecular complexity index is 1120. The van der Waals surface area contributed by atoms with E-state index in [1.807, 2.05) is 20.8 Å². The number of hydrogen-bond acceptors (Lipinski definition) is 8. The first-order chi connectivity index (χ1) is 15.3. The van der Waals surface area contributed by atoms with Crippen LogP contribution in [0, 0.1) is 12.1 Å². The van der Waals surface area contributed by atoms with Crippen LogP contribution in [-0.2, 0) is 10.3 Å². The third-order valence-corrected chi connectivity index (χ3v) is 6.27. The second-order valence-electron chi connectivity index (χ2n) is 9.38. The predicted octanol–water partition coefficient (Wildman–Crippen LogP) is 2.64. The summed E-state index contributed by atoms with van der Waals surface area (Å²) in [6.07, 6.45) is 6.04. The molecule has 32 heavy (non-hydrogen) atoms. The third kappa shape index (κ3) is 3.49. The van der Waals surface area contributed by atoms with Gasteiger partial charge in [-0.05, 0) is 39.2 Å². The number of aryl methyl sites for hydroxylation is 1. The van der Waals surface area contributed by atoms with Crippen molar-refractivity contribution in [2.75, 3.05) is 17.2 Å². The van der Waals surface area contributed by atoms with Crippen LogP contribution in [0.15, 0.2) is 23.5 Å². The molecule has 1 amide bonds. The minimum Gasteiger partial charge on any atom is -0.710 e. The summed E-state index contributed by atoms with van der Waals surface area (Å²) in [5.41, 5.74) is 0.910. The van der Waals surface area contributed by atoms with E-state index < -0.39 is 5.54 Å². The van der Waals surface area contributed by atoms with Gasteiger partial charge in [0, 0.05) is 12.1 Å². The zero-order valence-electron chi connectivity index (χ0n) is 18.5. The van der Waals surface area contributed by atoms with Crippen LogP contribution in [-0.4, -0.2) is 34.0 Å². The lowest BCUT2D eigenvalue weighted by Gasteiger charge is -2.34. The number of aromatic nitrogens is 3. The Hall–Kier alpha value is -3.43. The van der Waals surface area contributed by atoms with E-state index in [0.717, 1.165) is 42.4 Å². The second-order valence-corrected chi connectivity index (χ2v) is 9.38. The minimum atomic E-state index is -0.585. The number of carbonyl (C=O) groups is 1. The number of ether oxygens (including phenoxy) is 1. The molecule has 2 aromatic heterocycles. The highest BCUT2D eigenvalue weighted by molar-refractivity contribution is 6.00. The van der Waals surface area contributed by atoms with Crippen molar-refractivity contribution < 1.29 is 14.3 Å². The molecule has 1 saturated carbocycles. The normalized spacial score (nSPS) is 20.3. The molecule has 0 unspecified atom stereocenters. The molecule has 0 bridgehead atoms. The fourth-order valence-corrected chi connectivity index (χ4v) is 4.79. The summed E-state index contributed by atoms with van der Waals surface area (Å²) in [6.45, 7) is 6.31. The first-order valence-corrected chi connectivity index (χ1v) is 11.0. The number of carbonyl (C=O) groups excluding carboxylic acids is 1. The predicted molar refractivity (Wildman–Crippen MR) is 119 cm³/mol. The Balaban J connectivity index is 1.45. The number of anilines is 3. The largest absolute Gasteiger partial charge is 0.710 e. The van der Waals surface area contributed by atoms with Gasteiger partial charge in [0.2, 0.25) is 5.82 Å². The van der Waals surface area contributed by atoms with Crippen LogP contribution in [0.1, 0.15) is 67.6 Å². The zero-order chi connectivity index (χ0) is 22.5. The standard InChI is InChI=1S/C22H27N7O3/c1-13-9-16(29(31)18-17(13)19(30)27-22(18)7-5-4-6-8-22)25-14-10-15(24-12-23-14)26-20-28-21(2,3)11-32-20/h9-10,12H,4-8,11H2,1-3H3,(H,27,30)(H2,23,24,25,26,28). The van der Waals surface area contributed by atoms with E-state index in [1.54, 1.807) is 12.1 Å². The number of nitrogens with one attached hydrogen (secondary N) is 3. The molecular weight excluding hydrogens is 410 g/mol. The number of amides is 1. The average Bonchev–Trinajstić information content (AvgIpc) is 3.22. The monoisotopic (exact) mass is 437 g/mol. The molecule has 4 heterocycles. The van der Waals surface area contributed by atoms with Crippen LogP contribution < -0.4 is 20.7 Å². The molecule has 3 N–H and O–H groups in total. The molecule has 0 radical (unpaired) electrons. The van der Waals surface area contributed by atoms with Crippen molar-refractivity contribution in [2.45, 2.75) is 64.0 Å². The number of aliphatic imine (C=N–C) groups is 1. The zero-order valence-corrected chi connectivity index (χ0v) is 18.5. The summed E-state index contributed by atoms with van der Waals surface area (Å²) < 4.78 is 6.41. The van der Waals surface area contributed by atoms with E-state index in [4.69, 9.17) is 4.74 Å². The first-order valence-electron chi connectivity index (χ1n) is 11.0. The quantitative estimate of drug-likeness (QED) is 0.497. The molecule has 5 rings (SSSR count). The van der Waals surface area contributed by atoms with Crippen molar-refractivity contribution in [3.8, 4) is 0 Å². The number of fused-ring (bicyclic) bond motifs is 2. The maximum atomic E-state index is 13.4. The Morgan fingerprint density at radius 1 is 1.12 bits per heavy atom. The summed E-state index contributed by atoms with van der Waals surface area (Å²) in [5, 5.41) is 22.7. The van der Waals surface area contributed by atoms with E-state index >= 15 is 0 Å². The van der Waals surface area contributed by atoms with Gasteiger partial charge >= 0.3 is 0 Å². The fourth-order valence-electron chi connectivity index (χ4n) is 4.79. The van der Waals surface area contributed by atoms with E-state index in [2.05, 4.69) is 30.9 Å². The molecule has 3 aliphatic rings. The first kappa shape index (κ1) is 20.5. The second kappa shape index (κ2) is 7.32. The maximum Gasteiger partial charge on any atom is 0.291 e. The van der Waals surface area contributed by atoms with Crippen molar-refractivity contribution in [3.63, 3.8) is 0 Å². The number of nitrogens with zero attached hydrogens (tertiary/aromatic N) is 4. The highest BCUT2D eigenvalue weighted by Gasteiger charge is 2.48. The molecule has 10 heteroatoms. The fraction of sp³-hybridized carbons (Fsp3) is 0.500. The molecule has 2 aliphatic heterocycles. The Kier molecular flexibility index (Phi) is 4.68. The summed E-state index contributed by atoms with van der Waals surface area (Å²) in [7, 11) is 0. The van der Waals surface area contributed by atoms with Gasteiger partial charge in [-0.2, -0.15) is 4.98 Å². The van der Waals surface area contributed by atoms with Crippen molar-refractivity contribution in [3.05, 3.63) is 40.5 Å². The molecule has 168 valence electrons. The molecule has 1 spiro atoms. The van der Waals surface area contributed by atoms with E-state index in [9.17, 15) is 10.0 Å². The van der Waals surface area contributed by atoms with Gasteiger partial charge in [0.1, 0.15) is 30.0 Å². The molecule has 1 aliphatic carbocycles. The number of hydrogen-bond donors (Lipinski definition) is 3. The van der Waals surface area contributed by atoms with Crippen LogP contribution in [0.25, 0.3) is 0 Å². The molecule has 1 fully saturated rings. The summed E-state index contributed by atoms with van der Waals surface area (Å²) in [4.78, 5) is 25.6. The van der Waals surface area contributed by atoms with E-state index in [-0.39, 0.29) is 11.4 Å². The minimum absolute atomic E-state index is 0.163. The maximum absolute atomic E-state index is 13.4. The summed E-state index contributed by atoms with van der Waals surface area (Å²) >= 11 is 0. The van der Waals surface area contributed by atoms with Gasteiger partial charge in [-0.1, -0.05) is 19.3 Å². The van der Waals surface area contributed by atoms with E-state index in [1.165, 1.54) is 6.33 Å². The number of pyridine rings is 1. The number of rotatable bonds is 3. The van der Waals surface area contributed by atoms with Crippen molar-refractivity contribution >= 4 is 29.4 Å². The van der Waals surface area contributed by atoms with Crippen LogP contribution in [0.2, 0.25) is 0 Å². The van der Waals surface area contributed by atoms with Crippen molar-refractivity contribution in [1.29, 1.82) is 0 Å². The van der Waals surface area contributed by atoms with Crippen LogP contribution in [0.3, 0.4) is 0 Å². The smallest absolute Gasteiger partial charge is 0.291 e. The summed E-state index contributed by atoms with van der Waals surface area (Å²) in [6, 6.07) is 3.77. The van der Waals surface area contributed by atoms with Gasteiger partial charge in [0.25, 0.3) is 17.7 Å². The van der Waals surface area contributed by atoms with Crippen LogP contribution >= 0.6 is 0 Å². The molecular formula is C22H27N7O3. The topological polar surface area (TPSA) is 127 Å². The van der Waals surface area contributed by atoms with Gasteiger partial charge < -0.3 is 15.3 Å². The molecule has 0 atom stereocenters.